The van der Waals surface area contributed by atoms with Crippen LogP contribution in [0.5, 0.6) is 0 Å². The van der Waals surface area contributed by atoms with Gasteiger partial charge in [-0.15, -0.1) is 0 Å². The van der Waals surface area contributed by atoms with Crippen LogP contribution in [0.2, 0.25) is 0 Å². The molecule has 1 fully saturated rings. The third-order valence-electron chi connectivity index (χ3n) is 3.87. The van der Waals surface area contributed by atoms with Crippen LogP contribution in [0, 0.1) is 0 Å². The molecule has 1 N–H and O–H groups in total. The quantitative estimate of drug-likeness (QED) is 0.902. The molecule has 1 aromatic rings. The molecule has 0 saturated carbocycles. The van der Waals surface area contributed by atoms with E-state index in [1.165, 1.54) is 11.1 Å². The van der Waals surface area contributed by atoms with Crippen LogP contribution in [0.3, 0.4) is 0 Å². The van der Waals surface area contributed by atoms with Gasteiger partial charge < -0.3 is 10.0 Å². The topological polar surface area (TPSA) is 56.7 Å². The number of pyridine rings is 1. The number of aromatic nitrogens is 1. The Labute approximate surface area is 132 Å². The van der Waals surface area contributed by atoms with Crippen LogP contribution in [-0.4, -0.2) is 45.8 Å². The van der Waals surface area contributed by atoms with Crippen LogP contribution in [0.25, 0.3) is 0 Å². The Morgan fingerprint density at radius 1 is 1.35 bits per heavy atom. The average Bonchev–Trinajstić information content (AvgIpc) is 2.85. The van der Waals surface area contributed by atoms with Crippen molar-refractivity contribution in [1.82, 2.24) is 9.88 Å². The monoisotopic (exact) mass is 331 g/mol. The first-order valence-electron chi connectivity index (χ1n) is 7.29. The van der Waals surface area contributed by atoms with Crippen molar-refractivity contribution >= 4 is 11.8 Å². The van der Waals surface area contributed by atoms with Gasteiger partial charge in [0.05, 0.1) is 23.5 Å². The molecule has 0 radical (unpaired) electrons. The smallest absolute Gasteiger partial charge is 0.417 e. The van der Waals surface area contributed by atoms with Gasteiger partial charge in [0.25, 0.3) is 0 Å². The number of carboxylic acid groups (broad SMARTS) is 1. The second-order valence-corrected chi connectivity index (χ2v) is 6.64. The first-order chi connectivity index (χ1) is 10.5. The number of rotatable bonds is 2. The molecule has 8 heteroatoms. The van der Waals surface area contributed by atoms with Gasteiger partial charge in [-0.05, 0) is 33.3 Å². The lowest BCUT2D eigenvalue weighted by atomic mass is 10.0. The van der Waals surface area contributed by atoms with E-state index in [1.54, 1.807) is 25.7 Å². The number of carbonyl (C=O) groups is 1. The lowest BCUT2D eigenvalue weighted by Gasteiger charge is -2.38. The van der Waals surface area contributed by atoms with Crippen LogP contribution in [0.4, 0.5) is 23.7 Å². The molecule has 1 saturated heterocycles. The molecule has 0 aromatic carbocycles. The Morgan fingerprint density at radius 3 is 2.52 bits per heavy atom. The van der Waals surface area contributed by atoms with Crippen molar-refractivity contribution in [1.29, 1.82) is 0 Å². The van der Waals surface area contributed by atoms with Gasteiger partial charge in [0.2, 0.25) is 0 Å². The lowest BCUT2D eigenvalue weighted by Crippen LogP contribution is -2.52. The fraction of sp³-hybridized carbons (Fsp3) is 0.600. The molecule has 1 aliphatic heterocycles. The summed E-state index contributed by atoms with van der Waals surface area (Å²) in [7, 11) is 0. The number of alkyl halides is 3. The third kappa shape index (κ3) is 3.86. The minimum absolute atomic E-state index is 0.262. The maximum atomic E-state index is 12.8. The molecule has 0 bridgehead atoms. The normalized spacial score (nSPS) is 19.0. The van der Waals surface area contributed by atoms with E-state index < -0.39 is 23.4 Å². The summed E-state index contributed by atoms with van der Waals surface area (Å²) in [5.74, 6) is 0. The molecule has 1 aliphatic rings. The Balaban J connectivity index is 2.18. The van der Waals surface area contributed by atoms with Crippen LogP contribution < -0.4 is 4.90 Å². The molecule has 5 nitrogen and oxygen atoms in total. The Kier molecular flexibility index (Phi) is 4.45. The van der Waals surface area contributed by atoms with Crippen LogP contribution in [0.15, 0.2) is 18.5 Å². The van der Waals surface area contributed by atoms with Gasteiger partial charge in [0.1, 0.15) is 0 Å². The summed E-state index contributed by atoms with van der Waals surface area (Å²) >= 11 is 0. The Hall–Kier alpha value is -1.99. The molecule has 1 atom stereocenters. The van der Waals surface area contributed by atoms with E-state index in [2.05, 4.69) is 4.98 Å². The molecular formula is C15H20F3N3O2. The first kappa shape index (κ1) is 17.4. The van der Waals surface area contributed by atoms with Gasteiger partial charge in [-0.1, -0.05) is 0 Å². The highest BCUT2D eigenvalue weighted by Gasteiger charge is 2.38. The van der Waals surface area contributed by atoms with E-state index in [-0.39, 0.29) is 6.04 Å². The van der Waals surface area contributed by atoms with E-state index in [0.29, 0.717) is 25.2 Å². The lowest BCUT2D eigenvalue weighted by molar-refractivity contribution is -0.137. The number of amides is 1. The van der Waals surface area contributed by atoms with Crippen molar-refractivity contribution in [3.8, 4) is 0 Å². The summed E-state index contributed by atoms with van der Waals surface area (Å²) in [5.41, 5.74) is -1.01. The number of halogens is 3. The molecule has 2 rings (SSSR count). The van der Waals surface area contributed by atoms with Crippen LogP contribution in [-0.2, 0) is 6.18 Å². The molecule has 0 unspecified atom stereocenters. The highest BCUT2D eigenvalue weighted by atomic mass is 19.4. The summed E-state index contributed by atoms with van der Waals surface area (Å²) < 4.78 is 38.3. The fourth-order valence-corrected chi connectivity index (χ4v) is 2.93. The maximum Gasteiger partial charge on any atom is 0.417 e. The van der Waals surface area contributed by atoms with Gasteiger partial charge in [0.15, 0.2) is 0 Å². The van der Waals surface area contributed by atoms with Crippen molar-refractivity contribution in [2.75, 3.05) is 18.0 Å². The van der Waals surface area contributed by atoms with Crippen LogP contribution >= 0.6 is 0 Å². The average molecular weight is 331 g/mol. The minimum Gasteiger partial charge on any atom is -0.465 e. The largest absolute Gasteiger partial charge is 0.465 e. The fourth-order valence-electron chi connectivity index (χ4n) is 2.93. The molecule has 1 amide bonds. The van der Waals surface area contributed by atoms with E-state index in [4.69, 9.17) is 0 Å². The molecule has 0 spiro atoms. The van der Waals surface area contributed by atoms with Crippen molar-refractivity contribution < 1.29 is 23.1 Å². The summed E-state index contributed by atoms with van der Waals surface area (Å²) in [6.45, 7) is 6.25. The predicted octanol–water partition coefficient (Wildman–Crippen LogP) is 3.46. The predicted molar refractivity (Wildman–Crippen MR) is 79.5 cm³/mol. The highest BCUT2D eigenvalue weighted by molar-refractivity contribution is 5.67. The molecule has 1 aromatic heterocycles. The van der Waals surface area contributed by atoms with E-state index in [9.17, 15) is 23.1 Å². The van der Waals surface area contributed by atoms with E-state index >= 15 is 0 Å². The first-order valence-corrected chi connectivity index (χ1v) is 7.29. The minimum atomic E-state index is -4.44. The van der Waals surface area contributed by atoms with Crippen molar-refractivity contribution in [2.45, 2.75) is 44.9 Å². The zero-order chi connectivity index (χ0) is 17.4. The van der Waals surface area contributed by atoms with Gasteiger partial charge in [0, 0.05) is 24.8 Å². The maximum absolute atomic E-state index is 12.8. The molecule has 2 heterocycles. The van der Waals surface area contributed by atoms with Crippen LogP contribution in [0.1, 0.15) is 32.8 Å². The molecule has 0 aliphatic carbocycles. The third-order valence-corrected chi connectivity index (χ3v) is 3.87. The summed E-state index contributed by atoms with van der Waals surface area (Å²) in [6.07, 6.45) is -2.73. The SMILES string of the molecule is CC(C)(C)N(C(=O)O)[C@@H]1CCN(c2cncc(C(F)(F)F)c2)C1. The standard InChI is InChI=1S/C15H20F3N3O2/c1-14(2,3)21(13(22)23)11-4-5-20(9-11)12-6-10(7-19-8-12)15(16,17)18/h6-8,11H,4-5,9H2,1-3H3,(H,22,23)/t11-/m1/s1. The van der Waals surface area contributed by atoms with Crippen molar-refractivity contribution in [3.63, 3.8) is 0 Å². The zero-order valence-electron chi connectivity index (χ0n) is 13.3. The molecular weight excluding hydrogens is 311 g/mol. The van der Waals surface area contributed by atoms with E-state index in [1.807, 2.05) is 0 Å². The van der Waals surface area contributed by atoms with E-state index in [0.717, 1.165) is 12.3 Å². The summed E-state index contributed by atoms with van der Waals surface area (Å²) in [6, 6.07) is 0.791. The second-order valence-electron chi connectivity index (χ2n) is 6.64. The van der Waals surface area contributed by atoms with Gasteiger partial charge in [-0.25, -0.2) is 4.79 Å². The molecule has 23 heavy (non-hydrogen) atoms. The Morgan fingerprint density at radius 2 is 2.00 bits per heavy atom. The number of anilines is 1. The summed E-state index contributed by atoms with van der Waals surface area (Å²) in [4.78, 5) is 18.3. The number of hydrogen-bond acceptors (Lipinski definition) is 3. The van der Waals surface area contributed by atoms with Gasteiger partial charge in [-0.2, -0.15) is 13.2 Å². The molecule has 128 valence electrons. The van der Waals surface area contributed by atoms with Crippen molar-refractivity contribution in [3.05, 3.63) is 24.0 Å². The second kappa shape index (κ2) is 5.90. The summed E-state index contributed by atoms with van der Waals surface area (Å²) in [5, 5.41) is 9.42. The Bertz CT molecular complexity index is 584. The van der Waals surface area contributed by atoms with Crippen molar-refractivity contribution in [2.24, 2.45) is 0 Å². The number of hydrogen-bond donors (Lipinski definition) is 1. The number of nitrogens with zero attached hydrogens (tertiary/aromatic N) is 3. The zero-order valence-corrected chi connectivity index (χ0v) is 13.3. The van der Waals surface area contributed by atoms with Gasteiger partial charge >= 0.3 is 12.3 Å². The highest BCUT2D eigenvalue weighted by Crippen LogP contribution is 2.33. The van der Waals surface area contributed by atoms with Gasteiger partial charge in [-0.3, -0.25) is 9.88 Å².